The number of rotatable bonds is 3. The van der Waals surface area contributed by atoms with Crippen LogP contribution in [-0.4, -0.2) is 24.8 Å². The molecule has 0 spiro atoms. The molecule has 5 nitrogen and oxygen atoms in total. The highest BCUT2D eigenvalue weighted by Gasteiger charge is 2.16. The van der Waals surface area contributed by atoms with Crippen molar-refractivity contribution in [1.82, 2.24) is 0 Å². The molecule has 1 rings (SSSR count). The molecule has 0 fully saturated rings. The van der Waals surface area contributed by atoms with Crippen LogP contribution < -0.4 is 5.32 Å². The first-order chi connectivity index (χ1) is 8.08. The maximum Gasteiger partial charge on any atom is 0.397 e. The van der Waals surface area contributed by atoms with E-state index in [2.05, 4.69) is 26.0 Å². The molecule has 0 aliphatic heterocycles. The number of ether oxygens (including phenoxy) is 1. The Bertz CT molecular complexity index is 459. The molecule has 90 valence electrons. The molecule has 0 radical (unpaired) electrons. The molecule has 6 heteroatoms. The number of esters is 1. The molecular formula is C11H10BrNO4. The Morgan fingerprint density at radius 2 is 2.18 bits per heavy atom. The summed E-state index contributed by atoms with van der Waals surface area (Å²) in [6.07, 6.45) is 0.589. The van der Waals surface area contributed by atoms with Crippen molar-refractivity contribution in [2.45, 2.75) is 6.92 Å². The van der Waals surface area contributed by atoms with E-state index in [0.29, 0.717) is 10.8 Å². The fourth-order valence-electron chi connectivity index (χ4n) is 1.11. The lowest BCUT2D eigenvalue weighted by atomic mass is 10.2. The smallest absolute Gasteiger partial charge is 0.397 e. The van der Waals surface area contributed by atoms with Crippen molar-refractivity contribution in [3.63, 3.8) is 0 Å². The summed E-state index contributed by atoms with van der Waals surface area (Å²) in [6, 6.07) is 4.70. The van der Waals surface area contributed by atoms with Gasteiger partial charge in [-0.3, -0.25) is 9.59 Å². The first-order valence-electron chi connectivity index (χ1n) is 4.81. The number of carbonyl (C=O) groups excluding carboxylic acids is 3. The number of anilines is 1. The van der Waals surface area contributed by atoms with E-state index >= 15 is 0 Å². The van der Waals surface area contributed by atoms with E-state index in [1.54, 1.807) is 13.0 Å². The fraction of sp³-hybridized carbons (Fsp3) is 0.182. The Labute approximate surface area is 106 Å². The van der Waals surface area contributed by atoms with Crippen molar-refractivity contribution in [2.24, 2.45) is 0 Å². The molecule has 0 saturated heterocycles. The van der Waals surface area contributed by atoms with Gasteiger partial charge in [-0.25, -0.2) is 4.79 Å². The Morgan fingerprint density at radius 1 is 1.47 bits per heavy atom. The Hall–Kier alpha value is -1.69. The Kier molecular flexibility index (Phi) is 4.84. The van der Waals surface area contributed by atoms with E-state index in [9.17, 15) is 14.4 Å². The van der Waals surface area contributed by atoms with Crippen LogP contribution in [0.25, 0.3) is 0 Å². The molecule has 0 aliphatic rings. The number of nitrogens with one attached hydrogen (secondary N) is 1. The van der Waals surface area contributed by atoms with E-state index in [-0.39, 0.29) is 17.9 Å². The van der Waals surface area contributed by atoms with E-state index < -0.39 is 11.9 Å². The van der Waals surface area contributed by atoms with Gasteiger partial charge in [-0.15, -0.1) is 0 Å². The van der Waals surface area contributed by atoms with Crippen molar-refractivity contribution >= 4 is 39.8 Å². The molecule has 0 aliphatic carbocycles. The number of hydrogen-bond donors (Lipinski definition) is 1. The van der Waals surface area contributed by atoms with Gasteiger partial charge in [0, 0.05) is 10.0 Å². The molecule has 1 aromatic rings. The van der Waals surface area contributed by atoms with E-state index in [4.69, 9.17) is 0 Å². The van der Waals surface area contributed by atoms with Crippen molar-refractivity contribution in [1.29, 1.82) is 0 Å². The summed E-state index contributed by atoms with van der Waals surface area (Å²) in [6.45, 7) is 1.72. The minimum atomic E-state index is -0.979. The lowest BCUT2D eigenvalue weighted by molar-refractivity contribution is -0.152. The molecule has 1 N–H and O–H groups in total. The van der Waals surface area contributed by atoms with Crippen LogP contribution in [0, 0.1) is 0 Å². The Morgan fingerprint density at radius 3 is 2.76 bits per heavy atom. The van der Waals surface area contributed by atoms with E-state index in [0.717, 1.165) is 0 Å². The maximum absolute atomic E-state index is 11.3. The second-order valence-corrected chi connectivity index (χ2v) is 3.94. The van der Waals surface area contributed by atoms with Crippen molar-refractivity contribution in [2.75, 3.05) is 11.9 Å². The summed E-state index contributed by atoms with van der Waals surface area (Å²) in [7, 11) is 0. The SMILES string of the molecule is CCOC(=O)C(=O)Nc1ccc(Br)cc1C=O. The van der Waals surface area contributed by atoms with Gasteiger partial charge in [0.2, 0.25) is 0 Å². The van der Waals surface area contributed by atoms with E-state index in [1.807, 2.05) is 0 Å². The summed E-state index contributed by atoms with van der Waals surface area (Å²) >= 11 is 3.19. The topological polar surface area (TPSA) is 72.5 Å². The number of hydrogen-bond acceptors (Lipinski definition) is 4. The molecule has 1 aromatic carbocycles. The number of aldehydes is 1. The first-order valence-corrected chi connectivity index (χ1v) is 5.60. The summed E-state index contributed by atoms with van der Waals surface area (Å²) in [5.74, 6) is -1.88. The van der Waals surface area contributed by atoms with Crippen molar-refractivity contribution < 1.29 is 19.1 Å². The number of halogens is 1. The van der Waals surface area contributed by atoms with Crippen LogP contribution in [0.2, 0.25) is 0 Å². The number of carbonyl (C=O) groups is 3. The second-order valence-electron chi connectivity index (χ2n) is 3.02. The molecule has 0 heterocycles. The average Bonchev–Trinajstić information content (AvgIpc) is 2.31. The first kappa shape index (κ1) is 13.4. The second kappa shape index (κ2) is 6.15. The third-order valence-corrected chi connectivity index (χ3v) is 2.34. The van der Waals surface area contributed by atoms with Gasteiger partial charge in [0.15, 0.2) is 6.29 Å². The highest BCUT2D eigenvalue weighted by molar-refractivity contribution is 9.10. The van der Waals surface area contributed by atoms with Gasteiger partial charge >= 0.3 is 11.9 Å². The monoisotopic (exact) mass is 299 g/mol. The van der Waals surface area contributed by atoms with Gasteiger partial charge in [-0.2, -0.15) is 0 Å². The standard InChI is InChI=1S/C11H10BrNO4/c1-2-17-11(16)10(15)13-9-4-3-8(12)5-7(9)6-14/h3-6H,2H2,1H3,(H,13,15). The van der Waals surface area contributed by atoms with E-state index in [1.165, 1.54) is 12.1 Å². The molecular weight excluding hydrogens is 290 g/mol. The van der Waals surface area contributed by atoms with Gasteiger partial charge in [0.1, 0.15) is 0 Å². The van der Waals surface area contributed by atoms with Crippen LogP contribution in [0.1, 0.15) is 17.3 Å². The summed E-state index contributed by atoms with van der Waals surface area (Å²) in [4.78, 5) is 33.2. The number of benzene rings is 1. The van der Waals surface area contributed by atoms with Gasteiger partial charge in [0.05, 0.1) is 12.3 Å². The highest BCUT2D eigenvalue weighted by atomic mass is 79.9. The molecule has 0 aromatic heterocycles. The van der Waals surface area contributed by atoms with Crippen LogP contribution >= 0.6 is 15.9 Å². The summed E-state index contributed by atoms with van der Waals surface area (Å²) in [5.41, 5.74) is 0.540. The summed E-state index contributed by atoms with van der Waals surface area (Å²) < 4.78 is 5.23. The third-order valence-electron chi connectivity index (χ3n) is 1.85. The van der Waals surface area contributed by atoms with Gasteiger partial charge in [-0.05, 0) is 25.1 Å². The normalized spacial score (nSPS) is 9.53. The van der Waals surface area contributed by atoms with Crippen LogP contribution in [-0.2, 0) is 14.3 Å². The summed E-state index contributed by atoms with van der Waals surface area (Å²) in [5, 5.41) is 2.31. The van der Waals surface area contributed by atoms with Crippen LogP contribution in [0.15, 0.2) is 22.7 Å². The minimum absolute atomic E-state index is 0.118. The quantitative estimate of drug-likeness (QED) is 0.524. The van der Waals surface area contributed by atoms with Gasteiger partial charge < -0.3 is 10.1 Å². The zero-order valence-corrected chi connectivity index (χ0v) is 10.6. The Balaban J connectivity index is 2.84. The van der Waals surface area contributed by atoms with Crippen molar-refractivity contribution in [3.05, 3.63) is 28.2 Å². The molecule has 17 heavy (non-hydrogen) atoms. The van der Waals surface area contributed by atoms with Crippen LogP contribution in [0.5, 0.6) is 0 Å². The highest BCUT2D eigenvalue weighted by Crippen LogP contribution is 2.19. The largest absolute Gasteiger partial charge is 0.459 e. The lowest BCUT2D eigenvalue weighted by Gasteiger charge is -2.07. The fourth-order valence-corrected chi connectivity index (χ4v) is 1.49. The zero-order chi connectivity index (χ0) is 12.8. The average molecular weight is 300 g/mol. The maximum atomic E-state index is 11.3. The predicted octanol–water partition coefficient (Wildman–Crippen LogP) is 1.76. The van der Waals surface area contributed by atoms with Crippen LogP contribution in [0.3, 0.4) is 0 Å². The molecule has 0 atom stereocenters. The molecule has 0 unspecified atom stereocenters. The molecule has 0 bridgehead atoms. The van der Waals surface area contributed by atoms with Gasteiger partial charge in [-0.1, -0.05) is 15.9 Å². The molecule has 0 saturated carbocycles. The van der Waals surface area contributed by atoms with Crippen molar-refractivity contribution in [3.8, 4) is 0 Å². The molecule has 1 amide bonds. The number of amides is 1. The third kappa shape index (κ3) is 3.67. The van der Waals surface area contributed by atoms with Gasteiger partial charge in [0.25, 0.3) is 0 Å². The van der Waals surface area contributed by atoms with Crippen LogP contribution in [0.4, 0.5) is 5.69 Å². The predicted molar refractivity (Wildman–Crippen MR) is 64.8 cm³/mol. The zero-order valence-electron chi connectivity index (χ0n) is 9.03. The lowest BCUT2D eigenvalue weighted by Crippen LogP contribution is -2.25. The minimum Gasteiger partial charge on any atom is -0.459 e.